The molecule has 3 heterocycles. The lowest BCUT2D eigenvalue weighted by atomic mass is 9.94. The van der Waals surface area contributed by atoms with Crippen LogP contribution in [0.3, 0.4) is 0 Å². The van der Waals surface area contributed by atoms with Gasteiger partial charge in [-0.2, -0.15) is 0 Å². The number of hydrogen-bond acceptors (Lipinski definition) is 21. The van der Waals surface area contributed by atoms with E-state index in [4.69, 9.17) is 28.4 Å². The van der Waals surface area contributed by atoms with Crippen LogP contribution < -0.4 is 21.3 Å². The molecule has 19 atom stereocenters. The van der Waals surface area contributed by atoms with E-state index in [1.807, 2.05) is 0 Å². The summed E-state index contributed by atoms with van der Waals surface area (Å²) in [6, 6.07) is -6.10. The molecule has 25 nitrogen and oxygen atoms in total. The number of rotatable bonds is 18. The van der Waals surface area contributed by atoms with Crippen LogP contribution >= 0.6 is 0 Å². The fourth-order valence-corrected chi connectivity index (χ4v) is 6.67. The molecule has 0 saturated carbocycles. The van der Waals surface area contributed by atoms with E-state index < -0.39 is 173 Å². The molecular weight excluding hydrogens is 776 g/mol. The minimum absolute atomic E-state index is 0.685. The van der Waals surface area contributed by atoms with Crippen molar-refractivity contribution in [3.05, 3.63) is 0 Å². The molecule has 330 valence electrons. The Balaban J connectivity index is 1.87. The zero-order valence-corrected chi connectivity index (χ0v) is 31.5. The largest absolute Gasteiger partial charge is 0.394 e. The van der Waals surface area contributed by atoms with E-state index in [1.54, 1.807) is 0 Å². The van der Waals surface area contributed by atoms with Gasteiger partial charge in [0.1, 0.15) is 91.4 Å². The standard InChI is InChI=1S/C32H56N4O21/c1-10(41)33-14(5-37)28(56-31-19(34-11(2)42)25(49)23(47)16(6-38)53-31)22(46)15(45)9-52-30-21(36-13(4)44)27(51)29(18(8-40)55-30)57-32-20(35-12(3)43)26(50)24(48)17(7-39)54-32/h14-32,37-40,45-51H,5-9H2,1-4H3,(H,33,41)(H,34,42)(H,35,43)(H,36,44)/t14-,15+,16+,17+,18+,19+,20+,21+,22-,23+,24-,25+,26+,27+,28+,29+,30+,31-,32-/m0/s1. The van der Waals surface area contributed by atoms with Crippen molar-refractivity contribution in [1.82, 2.24) is 21.3 Å². The average molecular weight is 833 g/mol. The van der Waals surface area contributed by atoms with Gasteiger partial charge in [0.05, 0.1) is 39.1 Å². The summed E-state index contributed by atoms with van der Waals surface area (Å²) in [4.78, 5) is 48.1. The maximum Gasteiger partial charge on any atom is 0.217 e. The molecule has 0 aromatic carbocycles. The van der Waals surface area contributed by atoms with Crippen LogP contribution in [0.15, 0.2) is 0 Å². The average Bonchev–Trinajstić information content (AvgIpc) is 3.15. The molecule has 3 rings (SSSR count). The fourth-order valence-electron chi connectivity index (χ4n) is 6.67. The van der Waals surface area contributed by atoms with Gasteiger partial charge >= 0.3 is 0 Å². The maximum absolute atomic E-state index is 12.3. The third kappa shape index (κ3) is 12.4. The van der Waals surface area contributed by atoms with Gasteiger partial charge in [-0.05, 0) is 0 Å². The SMILES string of the molecule is CC(=O)N[C@H]1[C@H](OC[C@@H](O)[C@H](O)[C@H](O[C@@H]2O[C@H](CO)[C@@H](O)[C@H](O)[C@H]2NC(C)=O)[C@H](CO)NC(C)=O)O[C@H](CO)[C@@H](O[C@@H]2O[C@H](CO)[C@H](O)[C@H](O)[C@H]2NC(C)=O)[C@@H]1O. The highest BCUT2D eigenvalue weighted by atomic mass is 16.7. The van der Waals surface area contributed by atoms with Crippen molar-refractivity contribution in [3.63, 3.8) is 0 Å². The number of carbonyl (C=O) groups is 4. The van der Waals surface area contributed by atoms with Crippen LogP contribution in [0.5, 0.6) is 0 Å². The van der Waals surface area contributed by atoms with Crippen molar-refractivity contribution >= 4 is 23.6 Å². The summed E-state index contributed by atoms with van der Waals surface area (Å²) in [5.74, 6) is -2.89. The van der Waals surface area contributed by atoms with Crippen LogP contribution in [0, 0.1) is 0 Å². The van der Waals surface area contributed by atoms with Gasteiger partial charge in [0.15, 0.2) is 18.9 Å². The molecule has 0 unspecified atom stereocenters. The fraction of sp³-hybridized carbons (Fsp3) is 0.875. The first kappa shape index (κ1) is 48.6. The van der Waals surface area contributed by atoms with Gasteiger partial charge in [-0.3, -0.25) is 19.2 Å². The predicted octanol–water partition coefficient (Wildman–Crippen LogP) is -9.54. The first-order chi connectivity index (χ1) is 26.8. The van der Waals surface area contributed by atoms with Crippen LogP contribution in [0.4, 0.5) is 0 Å². The number of hydrogen-bond donors (Lipinski definition) is 15. The second-order valence-electron chi connectivity index (χ2n) is 13.9. The molecule has 0 radical (unpaired) electrons. The third-order valence-electron chi connectivity index (χ3n) is 9.45. The van der Waals surface area contributed by atoms with Gasteiger partial charge in [-0.25, -0.2) is 0 Å². The zero-order chi connectivity index (χ0) is 42.9. The molecule has 3 fully saturated rings. The molecule has 15 N–H and O–H groups in total. The highest BCUT2D eigenvalue weighted by molar-refractivity contribution is 5.74. The maximum atomic E-state index is 12.3. The molecule has 3 aliphatic rings. The molecule has 57 heavy (non-hydrogen) atoms. The molecule has 0 aliphatic carbocycles. The smallest absolute Gasteiger partial charge is 0.217 e. The van der Waals surface area contributed by atoms with Gasteiger partial charge in [-0.15, -0.1) is 0 Å². The lowest BCUT2D eigenvalue weighted by Gasteiger charge is -2.48. The molecule has 0 bridgehead atoms. The first-order valence-electron chi connectivity index (χ1n) is 18.0. The Morgan fingerprint density at radius 2 is 1.04 bits per heavy atom. The third-order valence-corrected chi connectivity index (χ3v) is 9.45. The second-order valence-corrected chi connectivity index (χ2v) is 13.9. The molecule has 4 amide bonds. The Morgan fingerprint density at radius 3 is 1.47 bits per heavy atom. The summed E-state index contributed by atoms with van der Waals surface area (Å²) >= 11 is 0. The van der Waals surface area contributed by atoms with Crippen LogP contribution in [-0.4, -0.2) is 229 Å². The Morgan fingerprint density at radius 1 is 0.596 bits per heavy atom. The van der Waals surface area contributed by atoms with E-state index in [9.17, 15) is 75.3 Å². The highest BCUT2D eigenvalue weighted by Crippen LogP contribution is 2.31. The summed E-state index contributed by atoms with van der Waals surface area (Å²) in [5, 5.41) is 125. The Kier molecular flexibility index (Phi) is 18.7. The van der Waals surface area contributed by atoms with E-state index >= 15 is 0 Å². The number of ether oxygens (including phenoxy) is 6. The van der Waals surface area contributed by atoms with Crippen LogP contribution in [-0.2, 0) is 47.6 Å². The van der Waals surface area contributed by atoms with Crippen molar-refractivity contribution in [2.24, 2.45) is 0 Å². The lowest BCUT2D eigenvalue weighted by Crippen LogP contribution is -2.69. The van der Waals surface area contributed by atoms with Crippen molar-refractivity contribution in [3.8, 4) is 0 Å². The molecule has 25 heteroatoms. The Labute approximate surface area is 325 Å². The predicted molar refractivity (Wildman–Crippen MR) is 182 cm³/mol. The topological polar surface area (TPSA) is 394 Å². The number of carbonyl (C=O) groups excluding carboxylic acids is 4. The van der Waals surface area contributed by atoms with Crippen LogP contribution in [0.2, 0.25) is 0 Å². The van der Waals surface area contributed by atoms with Gasteiger partial charge in [-0.1, -0.05) is 0 Å². The van der Waals surface area contributed by atoms with Gasteiger partial charge in [0, 0.05) is 27.7 Å². The van der Waals surface area contributed by atoms with Gasteiger partial charge in [0.25, 0.3) is 0 Å². The highest BCUT2D eigenvalue weighted by Gasteiger charge is 2.53. The summed E-state index contributed by atoms with van der Waals surface area (Å²) in [7, 11) is 0. The summed E-state index contributed by atoms with van der Waals surface area (Å²) < 4.78 is 34.2. The second kappa shape index (κ2) is 22.0. The van der Waals surface area contributed by atoms with E-state index in [1.165, 1.54) is 0 Å². The van der Waals surface area contributed by atoms with Crippen molar-refractivity contribution < 1.29 is 104 Å². The number of aliphatic hydroxyl groups excluding tert-OH is 11. The Bertz CT molecular complexity index is 1320. The van der Waals surface area contributed by atoms with Crippen molar-refractivity contribution in [2.45, 2.75) is 144 Å². The minimum Gasteiger partial charge on any atom is -0.394 e. The zero-order valence-electron chi connectivity index (χ0n) is 31.5. The first-order valence-corrected chi connectivity index (χ1v) is 18.0. The van der Waals surface area contributed by atoms with E-state index in [2.05, 4.69) is 21.3 Å². The lowest BCUT2D eigenvalue weighted by molar-refractivity contribution is -0.334. The molecular formula is C32H56N4O21. The molecule has 0 aromatic heterocycles. The summed E-state index contributed by atoms with van der Waals surface area (Å²) in [5.41, 5.74) is 0. The molecule has 0 aromatic rings. The van der Waals surface area contributed by atoms with Crippen LogP contribution in [0.1, 0.15) is 27.7 Å². The van der Waals surface area contributed by atoms with Crippen LogP contribution in [0.25, 0.3) is 0 Å². The van der Waals surface area contributed by atoms with E-state index in [0.717, 1.165) is 27.7 Å². The van der Waals surface area contributed by atoms with Crippen molar-refractivity contribution in [1.29, 1.82) is 0 Å². The molecule has 3 saturated heterocycles. The van der Waals surface area contributed by atoms with E-state index in [-0.39, 0.29) is 0 Å². The van der Waals surface area contributed by atoms with E-state index in [0.29, 0.717) is 0 Å². The van der Waals surface area contributed by atoms with Gasteiger partial charge in [0.2, 0.25) is 23.6 Å². The monoisotopic (exact) mass is 832 g/mol. The quantitative estimate of drug-likeness (QED) is 0.0609. The number of amides is 4. The van der Waals surface area contributed by atoms with Gasteiger partial charge < -0.3 is 106 Å². The van der Waals surface area contributed by atoms with Crippen molar-refractivity contribution in [2.75, 3.05) is 33.0 Å². The normalized spacial score (nSPS) is 37.9. The molecule has 0 spiro atoms. The summed E-state index contributed by atoms with van der Waals surface area (Å²) in [6.07, 6.45) is -26.1. The Hall–Kier alpha value is -2.80. The summed E-state index contributed by atoms with van der Waals surface area (Å²) in [6.45, 7) is -0.104. The minimum atomic E-state index is -2.14. The number of nitrogens with one attached hydrogen (secondary N) is 4. The number of aliphatic hydroxyl groups is 11. The molecule has 3 aliphatic heterocycles.